The van der Waals surface area contributed by atoms with Gasteiger partial charge in [0.2, 0.25) is 10.0 Å². The van der Waals surface area contributed by atoms with E-state index in [1.54, 1.807) is 0 Å². The van der Waals surface area contributed by atoms with Crippen LogP contribution >= 0.6 is 15.9 Å². The predicted octanol–water partition coefficient (Wildman–Crippen LogP) is 2.35. The van der Waals surface area contributed by atoms with Crippen molar-refractivity contribution in [3.63, 3.8) is 0 Å². The lowest BCUT2D eigenvalue weighted by Crippen LogP contribution is -2.35. The number of anilines is 1. The first-order valence-corrected chi connectivity index (χ1v) is 7.91. The maximum Gasteiger partial charge on any atom is 0.244 e. The SMILES string of the molecule is Nc1cc(S(=O)(=O)N2CCCCC2)c(Br)cc1F. The second kappa shape index (κ2) is 5.14. The van der Waals surface area contributed by atoms with Crippen LogP contribution in [-0.4, -0.2) is 25.8 Å². The van der Waals surface area contributed by atoms with Crippen molar-refractivity contribution in [1.82, 2.24) is 4.31 Å². The van der Waals surface area contributed by atoms with E-state index in [2.05, 4.69) is 15.9 Å². The van der Waals surface area contributed by atoms with Gasteiger partial charge in [0.25, 0.3) is 0 Å². The zero-order chi connectivity index (χ0) is 13.3. The Bertz CT molecular complexity index is 556. The van der Waals surface area contributed by atoms with Gasteiger partial charge in [0.15, 0.2) is 0 Å². The van der Waals surface area contributed by atoms with E-state index >= 15 is 0 Å². The third kappa shape index (κ3) is 2.53. The third-order valence-electron chi connectivity index (χ3n) is 2.98. The molecule has 0 bridgehead atoms. The normalized spacial score (nSPS) is 17.9. The number of nitrogens with zero attached hydrogens (tertiary/aromatic N) is 1. The van der Waals surface area contributed by atoms with Crippen LogP contribution in [-0.2, 0) is 10.0 Å². The molecule has 1 aromatic carbocycles. The van der Waals surface area contributed by atoms with Crippen LogP contribution in [0.2, 0.25) is 0 Å². The molecule has 1 saturated heterocycles. The Morgan fingerprint density at radius 2 is 1.83 bits per heavy atom. The molecule has 18 heavy (non-hydrogen) atoms. The van der Waals surface area contributed by atoms with Crippen molar-refractivity contribution in [3.05, 3.63) is 22.4 Å². The molecule has 1 aliphatic rings. The minimum absolute atomic E-state index is 0.0308. The minimum atomic E-state index is -3.59. The van der Waals surface area contributed by atoms with E-state index in [1.165, 1.54) is 10.4 Å². The number of benzene rings is 1. The maximum atomic E-state index is 13.2. The van der Waals surface area contributed by atoms with Crippen molar-refractivity contribution >= 4 is 31.6 Å². The fraction of sp³-hybridized carbons (Fsp3) is 0.455. The van der Waals surface area contributed by atoms with Crippen LogP contribution in [0.15, 0.2) is 21.5 Å². The van der Waals surface area contributed by atoms with Gasteiger partial charge in [-0.15, -0.1) is 0 Å². The minimum Gasteiger partial charge on any atom is -0.396 e. The van der Waals surface area contributed by atoms with Crippen molar-refractivity contribution in [2.75, 3.05) is 18.8 Å². The van der Waals surface area contributed by atoms with Gasteiger partial charge in [-0.25, -0.2) is 12.8 Å². The summed E-state index contributed by atoms with van der Waals surface area (Å²) in [4.78, 5) is 0.0308. The second-order valence-corrected chi connectivity index (χ2v) is 7.03. The summed E-state index contributed by atoms with van der Waals surface area (Å²) in [6, 6.07) is 2.26. The number of nitrogens with two attached hydrogens (primary N) is 1. The van der Waals surface area contributed by atoms with E-state index in [-0.39, 0.29) is 15.1 Å². The number of sulfonamides is 1. The molecule has 100 valence electrons. The van der Waals surface area contributed by atoms with E-state index in [4.69, 9.17) is 5.73 Å². The molecule has 1 aromatic rings. The van der Waals surface area contributed by atoms with Crippen LogP contribution in [0.25, 0.3) is 0 Å². The van der Waals surface area contributed by atoms with Gasteiger partial charge < -0.3 is 5.73 Å². The summed E-state index contributed by atoms with van der Waals surface area (Å²) >= 11 is 3.08. The number of piperidine rings is 1. The summed E-state index contributed by atoms with van der Waals surface area (Å²) in [7, 11) is -3.59. The van der Waals surface area contributed by atoms with E-state index in [9.17, 15) is 12.8 Å². The van der Waals surface area contributed by atoms with Gasteiger partial charge in [-0.1, -0.05) is 6.42 Å². The Morgan fingerprint density at radius 3 is 2.44 bits per heavy atom. The van der Waals surface area contributed by atoms with Crippen molar-refractivity contribution in [2.45, 2.75) is 24.2 Å². The Balaban J connectivity index is 2.43. The molecule has 1 aliphatic heterocycles. The maximum absolute atomic E-state index is 13.2. The molecule has 0 unspecified atom stereocenters. The van der Waals surface area contributed by atoms with Crippen LogP contribution in [0.5, 0.6) is 0 Å². The monoisotopic (exact) mass is 336 g/mol. The van der Waals surface area contributed by atoms with Gasteiger partial charge in [0, 0.05) is 17.6 Å². The van der Waals surface area contributed by atoms with Gasteiger partial charge in [-0.05, 0) is 40.9 Å². The second-order valence-electron chi connectivity index (χ2n) is 4.27. The van der Waals surface area contributed by atoms with Crippen LogP contribution < -0.4 is 5.73 Å². The summed E-state index contributed by atoms with van der Waals surface area (Å²) in [6.45, 7) is 1.01. The van der Waals surface area contributed by atoms with Crippen LogP contribution in [0.3, 0.4) is 0 Å². The van der Waals surface area contributed by atoms with Crippen molar-refractivity contribution in [1.29, 1.82) is 0 Å². The average molecular weight is 337 g/mol. The molecule has 4 nitrogen and oxygen atoms in total. The molecule has 0 saturated carbocycles. The molecule has 1 heterocycles. The van der Waals surface area contributed by atoms with Crippen LogP contribution in [0.1, 0.15) is 19.3 Å². The van der Waals surface area contributed by atoms with E-state index in [1.807, 2.05) is 0 Å². The largest absolute Gasteiger partial charge is 0.396 e. The zero-order valence-electron chi connectivity index (χ0n) is 9.70. The van der Waals surface area contributed by atoms with Gasteiger partial charge in [-0.3, -0.25) is 0 Å². The molecule has 0 amide bonds. The molecule has 0 spiro atoms. The Labute approximate surface area is 114 Å². The highest BCUT2D eigenvalue weighted by atomic mass is 79.9. The lowest BCUT2D eigenvalue weighted by molar-refractivity contribution is 0.346. The topological polar surface area (TPSA) is 63.4 Å². The van der Waals surface area contributed by atoms with Crippen molar-refractivity contribution in [3.8, 4) is 0 Å². The first-order chi connectivity index (χ1) is 8.43. The molecule has 0 aromatic heterocycles. The highest BCUT2D eigenvalue weighted by molar-refractivity contribution is 9.10. The fourth-order valence-electron chi connectivity index (χ4n) is 1.99. The molecule has 2 N–H and O–H groups in total. The van der Waals surface area contributed by atoms with Gasteiger partial charge in [0.1, 0.15) is 5.82 Å². The van der Waals surface area contributed by atoms with E-state index in [0.29, 0.717) is 13.1 Å². The standard InChI is InChI=1S/C11H14BrFN2O2S/c12-8-6-9(13)10(14)7-11(8)18(16,17)15-4-2-1-3-5-15/h6-7H,1-5,14H2. The number of nitrogen functional groups attached to an aromatic ring is 1. The Hall–Kier alpha value is -0.660. The number of rotatable bonds is 2. The molecule has 0 atom stereocenters. The smallest absolute Gasteiger partial charge is 0.244 e. The molecular weight excluding hydrogens is 323 g/mol. The number of hydrogen-bond donors (Lipinski definition) is 1. The summed E-state index contributed by atoms with van der Waals surface area (Å²) < 4.78 is 39.6. The highest BCUT2D eigenvalue weighted by Gasteiger charge is 2.28. The van der Waals surface area contributed by atoms with Crippen LogP contribution in [0.4, 0.5) is 10.1 Å². The first-order valence-electron chi connectivity index (χ1n) is 5.67. The molecule has 0 aliphatic carbocycles. The Morgan fingerprint density at radius 1 is 1.22 bits per heavy atom. The van der Waals surface area contributed by atoms with Gasteiger partial charge in [-0.2, -0.15) is 4.31 Å². The molecular formula is C11H14BrFN2O2S. The third-order valence-corrected chi connectivity index (χ3v) is 5.84. The van der Waals surface area contributed by atoms with Gasteiger partial charge >= 0.3 is 0 Å². The predicted molar refractivity (Wildman–Crippen MR) is 71.1 cm³/mol. The molecule has 7 heteroatoms. The molecule has 0 radical (unpaired) electrons. The summed E-state index contributed by atoms with van der Waals surface area (Å²) in [6.07, 6.45) is 2.75. The molecule has 2 rings (SSSR count). The highest BCUT2D eigenvalue weighted by Crippen LogP contribution is 2.30. The lowest BCUT2D eigenvalue weighted by Gasteiger charge is -2.26. The van der Waals surface area contributed by atoms with Crippen LogP contribution in [0, 0.1) is 5.82 Å². The number of hydrogen-bond acceptors (Lipinski definition) is 3. The zero-order valence-corrected chi connectivity index (χ0v) is 12.1. The molecule has 1 fully saturated rings. The van der Waals surface area contributed by atoms with Crippen molar-refractivity contribution < 1.29 is 12.8 Å². The van der Waals surface area contributed by atoms with E-state index in [0.717, 1.165) is 25.3 Å². The Kier molecular flexibility index (Phi) is 3.93. The van der Waals surface area contributed by atoms with Gasteiger partial charge in [0.05, 0.1) is 10.6 Å². The summed E-state index contributed by atoms with van der Waals surface area (Å²) in [5.41, 5.74) is 5.28. The first kappa shape index (κ1) is 13.8. The summed E-state index contributed by atoms with van der Waals surface area (Å²) in [5, 5.41) is 0. The van der Waals surface area contributed by atoms with Crippen molar-refractivity contribution in [2.24, 2.45) is 0 Å². The fourth-order valence-corrected chi connectivity index (χ4v) is 4.51. The quantitative estimate of drug-likeness (QED) is 0.843. The lowest BCUT2D eigenvalue weighted by atomic mass is 10.2. The average Bonchev–Trinajstić information content (AvgIpc) is 2.34. The van der Waals surface area contributed by atoms with E-state index < -0.39 is 15.8 Å². The number of halogens is 2. The summed E-state index contributed by atoms with van der Waals surface area (Å²) in [5.74, 6) is -0.625.